The Labute approximate surface area is 184 Å². The largest absolute Gasteiger partial charge is 0.462 e. The van der Waals surface area contributed by atoms with Crippen molar-refractivity contribution in [2.75, 3.05) is 6.61 Å². The van der Waals surface area contributed by atoms with E-state index in [1.165, 1.54) is 0 Å². The van der Waals surface area contributed by atoms with Gasteiger partial charge in [0.2, 0.25) is 0 Å². The predicted octanol–water partition coefficient (Wildman–Crippen LogP) is 5.08. The highest BCUT2D eigenvalue weighted by molar-refractivity contribution is 6.04. The number of rotatable bonds is 5. The number of ketones is 1. The molecule has 31 heavy (non-hydrogen) atoms. The number of hydrogen-bond acceptors (Lipinski definition) is 4. The third-order valence-electron chi connectivity index (χ3n) is 6.06. The lowest BCUT2D eigenvalue weighted by Crippen LogP contribution is -2.38. The second kappa shape index (κ2) is 8.54. The molecule has 2 aliphatic rings. The van der Waals surface area contributed by atoms with Gasteiger partial charge in [-0.15, -0.1) is 0 Å². The van der Waals surface area contributed by atoms with Crippen LogP contribution in [0.5, 0.6) is 0 Å². The van der Waals surface area contributed by atoms with Gasteiger partial charge in [0, 0.05) is 35.7 Å². The third-order valence-corrected chi connectivity index (χ3v) is 6.06. The standard InChI is InChI=1S/C27H29NO3/c1-18-23(26(30)31-15-14-19-10-6-4-7-11-19)24(20-12-8-5-9-13-20)25-21(28-18)16-27(2,3)17-22(25)29/h4-13,24,28H,14-17H2,1-3H3. The molecule has 0 bridgehead atoms. The molecule has 4 heteroatoms. The number of esters is 1. The molecule has 4 rings (SSSR count). The first-order valence-electron chi connectivity index (χ1n) is 10.9. The lowest BCUT2D eigenvalue weighted by atomic mass is 9.68. The van der Waals surface area contributed by atoms with Gasteiger partial charge >= 0.3 is 5.97 Å². The second-order valence-corrected chi connectivity index (χ2v) is 9.21. The smallest absolute Gasteiger partial charge is 0.336 e. The summed E-state index contributed by atoms with van der Waals surface area (Å²) in [6.45, 7) is 6.42. The van der Waals surface area contributed by atoms with Crippen molar-refractivity contribution < 1.29 is 14.3 Å². The van der Waals surface area contributed by atoms with Gasteiger partial charge in [-0.2, -0.15) is 0 Å². The van der Waals surface area contributed by atoms with Crippen LogP contribution in [0.4, 0.5) is 0 Å². The molecule has 0 amide bonds. The number of dihydropyridines is 1. The van der Waals surface area contributed by atoms with E-state index in [4.69, 9.17) is 4.74 Å². The Hall–Kier alpha value is -3.14. The molecule has 160 valence electrons. The van der Waals surface area contributed by atoms with Crippen LogP contribution in [-0.4, -0.2) is 18.4 Å². The lowest BCUT2D eigenvalue weighted by molar-refractivity contribution is -0.139. The van der Waals surface area contributed by atoms with Crippen molar-refractivity contribution in [1.82, 2.24) is 5.32 Å². The van der Waals surface area contributed by atoms with E-state index in [0.717, 1.165) is 28.9 Å². The summed E-state index contributed by atoms with van der Waals surface area (Å²) in [6.07, 6.45) is 1.92. The van der Waals surface area contributed by atoms with Crippen molar-refractivity contribution in [2.24, 2.45) is 5.41 Å². The first-order valence-corrected chi connectivity index (χ1v) is 10.9. The molecule has 1 N–H and O–H groups in total. The van der Waals surface area contributed by atoms with Gasteiger partial charge in [-0.25, -0.2) is 4.79 Å². The van der Waals surface area contributed by atoms with E-state index in [9.17, 15) is 9.59 Å². The average Bonchev–Trinajstić information content (AvgIpc) is 2.73. The second-order valence-electron chi connectivity index (χ2n) is 9.21. The van der Waals surface area contributed by atoms with Gasteiger partial charge in [-0.1, -0.05) is 74.5 Å². The fourth-order valence-corrected chi connectivity index (χ4v) is 4.67. The van der Waals surface area contributed by atoms with Gasteiger partial charge in [0.05, 0.1) is 12.2 Å². The van der Waals surface area contributed by atoms with Crippen LogP contribution in [0.1, 0.15) is 50.7 Å². The molecule has 0 spiro atoms. The summed E-state index contributed by atoms with van der Waals surface area (Å²) in [4.78, 5) is 26.5. The molecule has 0 aromatic heterocycles. The highest BCUT2D eigenvalue weighted by Crippen LogP contribution is 2.46. The minimum Gasteiger partial charge on any atom is -0.462 e. The highest BCUT2D eigenvalue weighted by Gasteiger charge is 2.43. The van der Waals surface area contributed by atoms with Crippen molar-refractivity contribution in [1.29, 1.82) is 0 Å². The number of carbonyl (C=O) groups is 2. The molecule has 0 saturated carbocycles. The van der Waals surface area contributed by atoms with E-state index >= 15 is 0 Å². The van der Waals surface area contributed by atoms with E-state index in [-0.39, 0.29) is 17.2 Å². The van der Waals surface area contributed by atoms with Crippen molar-refractivity contribution in [2.45, 2.75) is 46.0 Å². The number of allylic oxidation sites excluding steroid dienone is 3. The number of nitrogens with one attached hydrogen (secondary N) is 1. The zero-order chi connectivity index (χ0) is 22.0. The number of benzene rings is 2. The maximum atomic E-state index is 13.2. The molecule has 1 heterocycles. The molecule has 1 aliphatic carbocycles. The van der Waals surface area contributed by atoms with Crippen molar-refractivity contribution >= 4 is 11.8 Å². The molecular formula is C27H29NO3. The van der Waals surface area contributed by atoms with Crippen LogP contribution in [-0.2, 0) is 20.7 Å². The van der Waals surface area contributed by atoms with Gasteiger partial charge in [0.1, 0.15) is 0 Å². The summed E-state index contributed by atoms with van der Waals surface area (Å²) in [5.74, 6) is -0.654. The molecule has 2 aromatic rings. The van der Waals surface area contributed by atoms with Crippen molar-refractivity contribution in [3.05, 3.63) is 94.3 Å². The molecule has 2 aromatic carbocycles. The van der Waals surface area contributed by atoms with Crippen LogP contribution in [0.25, 0.3) is 0 Å². The number of carbonyl (C=O) groups excluding carboxylic acids is 2. The number of ether oxygens (including phenoxy) is 1. The van der Waals surface area contributed by atoms with Crippen LogP contribution in [0, 0.1) is 5.41 Å². The number of Topliss-reactive ketones (excluding diaryl/α,β-unsaturated/α-hetero) is 1. The third kappa shape index (κ3) is 4.48. The summed E-state index contributed by atoms with van der Waals surface area (Å²) in [6, 6.07) is 19.8. The molecule has 0 saturated heterocycles. The fourth-order valence-electron chi connectivity index (χ4n) is 4.67. The summed E-state index contributed by atoms with van der Waals surface area (Å²) < 4.78 is 5.69. The Morgan fingerprint density at radius 3 is 2.35 bits per heavy atom. The topological polar surface area (TPSA) is 55.4 Å². The molecule has 0 radical (unpaired) electrons. The zero-order valence-corrected chi connectivity index (χ0v) is 18.4. The molecule has 1 atom stereocenters. The van der Waals surface area contributed by atoms with Gasteiger partial charge in [-0.05, 0) is 29.9 Å². The maximum absolute atomic E-state index is 13.2. The predicted molar refractivity (Wildman–Crippen MR) is 121 cm³/mol. The summed E-state index contributed by atoms with van der Waals surface area (Å²) in [5, 5.41) is 3.38. The Morgan fingerprint density at radius 2 is 1.68 bits per heavy atom. The molecule has 4 nitrogen and oxygen atoms in total. The highest BCUT2D eigenvalue weighted by atomic mass is 16.5. The first-order chi connectivity index (χ1) is 14.9. The SMILES string of the molecule is CC1=C(C(=O)OCCc2ccccc2)C(c2ccccc2)C2=C(CC(C)(C)CC2=O)N1. The maximum Gasteiger partial charge on any atom is 0.336 e. The Balaban J connectivity index is 1.64. The van der Waals surface area contributed by atoms with Gasteiger partial charge in [-0.3, -0.25) is 4.79 Å². The summed E-state index contributed by atoms with van der Waals surface area (Å²) in [5.41, 5.74) is 4.92. The van der Waals surface area contributed by atoms with Gasteiger partial charge < -0.3 is 10.1 Å². The van der Waals surface area contributed by atoms with Crippen LogP contribution in [0.3, 0.4) is 0 Å². The Bertz CT molecular complexity index is 1050. The molecule has 1 aliphatic heterocycles. The van der Waals surface area contributed by atoms with Gasteiger partial charge in [0.15, 0.2) is 5.78 Å². The Morgan fingerprint density at radius 1 is 1.03 bits per heavy atom. The van der Waals surface area contributed by atoms with E-state index in [2.05, 4.69) is 19.2 Å². The normalized spacial score (nSPS) is 20.2. The first kappa shape index (κ1) is 21.1. The van der Waals surface area contributed by atoms with E-state index in [1.807, 2.05) is 67.6 Å². The number of hydrogen-bond donors (Lipinski definition) is 1. The monoisotopic (exact) mass is 415 g/mol. The molecular weight excluding hydrogens is 386 g/mol. The zero-order valence-electron chi connectivity index (χ0n) is 18.4. The molecule has 1 unspecified atom stereocenters. The quantitative estimate of drug-likeness (QED) is 0.692. The minimum atomic E-state index is -0.398. The van der Waals surface area contributed by atoms with Crippen LogP contribution in [0.2, 0.25) is 0 Å². The fraction of sp³-hybridized carbons (Fsp3) is 0.333. The van der Waals surface area contributed by atoms with Crippen molar-refractivity contribution in [3.63, 3.8) is 0 Å². The minimum absolute atomic E-state index is 0.0991. The van der Waals surface area contributed by atoms with Crippen LogP contribution >= 0.6 is 0 Å². The van der Waals surface area contributed by atoms with Gasteiger partial charge in [0.25, 0.3) is 0 Å². The molecule has 0 fully saturated rings. The van der Waals surface area contributed by atoms with Crippen LogP contribution in [0.15, 0.2) is 83.2 Å². The summed E-state index contributed by atoms with van der Waals surface area (Å²) >= 11 is 0. The Kier molecular flexibility index (Phi) is 5.81. The van der Waals surface area contributed by atoms with Crippen LogP contribution < -0.4 is 5.32 Å². The van der Waals surface area contributed by atoms with E-state index < -0.39 is 5.92 Å². The average molecular weight is 416 g/mol. The van der Waals surface area contributed by atoms with E-state index in [1.54, 1.807) is 0 Å². The van der Waals surface area contributed by atoms with Crippen molar-refractivity contribution in [3.8, 4) is 0 Å². The lowest BCUT2D eigenvalue weighted by Gasteiger charge is -2.39. The van der Waals surface area contributed by atoms with E-state index in [0.29, 0.717) is 30.6 Å². The summed E-state index contributed by atoms with van der Waals surface area (Å²) in [7, 11) is 0.